The van der Waals surface area contributed by atoms with Crippen LogP contribution in [0.15, 0.2) is 48.5 Å². The average molecular weight is 402 g/mol. The summed E-state index contributed by atoms with van der Waals surface area (Å²) in [4.78, 5) is 12.0. The Kier molecular flexibility index (Phi) is 7.81. The number of amides is 1. The fourth-order valence-electron chi connectivity index (χ4n) is 3.59. The van der Waals surface area contributed by atoms with E-state index >= 15 is 4.11 Å². The van der Waals surface area contributed by atoms with Crippen LogP contribution in [0.4, 0.5) is 4.11 Å². The molecule has 0 radical (unpaired) electrons. The number of rotatable bonds is 9. The highest BCUT2D eigenvalue weighted by atomic mass is 28.4. The average Bonchev–Trinajstić information content (AvgIpc) is 2.66. The van der Waals surface area contributed by atoms with Crippen molar-refractivity contribution in [1.82, 2.24) is 5.32 Å². The molecular formula is C23H32FNO2Si. The van der Waals surface area contributed by atoms with Gasteiger partial charge >= 0.3 is 0 Å². The SMILES string of the molecule is Cc1cc(OCCC(=O)NCc2ccccc2)ccc1[Si](F)(C(C)C)C(C)C. The third-order valence-corrected chi connectivity index (χ3v) is 9.97. The fourth-order valence-corrected chi connectivity index (χ4v) is 7.18. The van der Waals surface area contributed by atoms with Crippen molar-refractivity contribution in [2.45, 2.75) is 58.7 Å². The largest absolute Gasteiger partial charge is 0.493 e. The van der Waals surface area contributed by atoms with Gasteiger partial charge in [0, 0.05) is 6.54 Å². The number of carbonyl (C=O) groups is 1. The molecule has 0 saturated carbocycles. The first-order chi connectivity index (χ1) is 13.2. The Balaban J connectivity index is 1.90. The lowest BCUT2D eigenvalue weighted by Gasteiger charge is -2.32. The number of benzene rings is 2. The summed E-state index contributed by atoms with van der Waals surface area (Å²) in [7, 11) is -3.06. The second kappa shape index (κ2) is 9.87. The number of halogens is 1. The molecule has 0 aliphatic heterocycles. The van der Waals surface area contributed by atoms with Crippen molar-refractivity contribution in [2.75, 3.05) is 6.61 Å². The van der Waals surface area contributed by atoms with Gasteiger partial charge in [-0.1, -0.05) is 64.1 Å². The zero-order chi connectivity index (χ0) is 20.7. The van der Waals surface area contributed by atoms with Crippen molar-refractivity contribution in [3.8, 4) is 5.75 Å². The van der Waals surface area contributed by atoms with E-state index in [-0.39, 0.29) is 23.4 Å². The summed E-state index contributed by atoms with van der Waals surface area (Å²) in [6.45, 7) is 10.7. The van der Waals surface area contributed by atoms with Crippen LogP contribution in [-0.4, -0.2) is 20.9 Å². The molecule has 5 heteroatoms. The van der Waals surface area contributed by atoms with E-state index in [1.54, 1.807) is 0 Å². The molecule has 0 unspecified atom stereocenters. The molecule has 1 amide bonds. The first-order valence-corrected chi connectivity index (χ1v) is 12.0. The summed E-state index contributed by atoms with van der Waals surface area (Å²) in [6, 6.07) is 15.4. The van der Waals surface area contributed by atoms with Gasteiger partial charge in [-0.15, -0.1) is 0 Å². The van der Waals surface area contributed by atoms with Crippen LogP contribution < -0.4 is 15.2 Å². The second-order valence-corrected chi connectivity index (χ2v) is 12.3. The zero-order valence-electron chi connectivity index (χ0n) is 17.6. The van der Waals surface area contributed by atoms with Gasteiger partial charge in [0.15, 0.2) is 0 Å². The lowest BCUT2D eigenvalue weighted by molar-refractivity contribution is -0.121. The van der Waals surface area contributed by atoms with Gasteiger partial charge < -0.3 is 14.2 Å². The molecule has 0 atom stereocenters. The predicted molar refractivity (Wildman–Crippen MR) is 116 cm³/mol. The molecule has 0 aliphatic rings. The number of aryl methyl sites for hydroxylation is 1. The summed E-state index contributed by atoms with van der Waals surface area (Å²) in [6.07, 6.45) is 0.285. The number of nitrogens with one attached hydrogen (secondary N) is 1. The summed E-state index contributed by atoms with van der Waals surface area (Å²) < 4.78 is 21.5. The van der Waals surface area contributed by atoms with Crippen molar-refractivity contribution < 1.29 is 13.6 Å². The Bertz CT molecular complexity index is 769. The van der Waals surface area contributed by atoms with E-state index in [1.807, 2.05) is 83.1 Å². The van der Waals surface area contributed by atoms with Crippen LogP contribution in [-0.2, 0) is 11.3 Å². The van der Waals surface area contributed by atoms with Crippen molar-refractivity contribution in [2.24, 2.45) is 0 Å². The quantitative estimate of drug-likeness (QED) is 0.473. The van der Waals surface area contributed by atoms with Gasteiger partial charge in [-0.25, -0.2) is 0 Å². The summed E-state index contributed by atoms with van der Waals surface area (Å²) >= 11 is 0. The van der Waals surface area contributed by atoms with Gasteiger partial charge in [0.05, 0.1) is 13.0 Å². The molecule has 2 aromatic rings. The van der Waals surface area contributed by atoms with Crippen LogP contribution in [0.1, 0.15) is 45.2 Å². The molecule has 0 aromatic heterocycles. The Morgan fingerprint density at radius 1 is 1.07 bits per heavy atom. The minimum Gasteiger partial charge on any atom is -0.493 e. The smallest absolute Gasteiger partial charge is 0.282 e. The summed E-state index contributed by atoms with van der Waals surface area (Å²) in [5, 5.41) is 3.74. The predicted octanol–water partition coefficient (Wildman–Crippen LogP) is 5.02. The van der Waals surface area contributed by atoms with Crippen LogP contribution in [0.3, 0.4) is 0 Å². The van der Waals surface area contributed by atoms with E-state index in [1.165, 1.54) is 0 Å². The van der Waals surface area contributed by atoms with E-state index in [4.69, 9.17) is 4.74 Å². The molecule has 0 heterocycles. The van der Waals surface area contributed by atoms with Crippen molar-refractivity contribution >= 4 is 19.5 Å². The van der Waals surface area contributed by atoms with Crippen molar-refractivity contribution in [3.63, 3.8) is 0 Å². The number of ether oxygens (including phenoxy) is 1. The molecule has 0 saturated heterocycles. The van der Waals surface area contributed by atoms with E-state index < -0.39 is 8.41 Å². The number of hydrogen-bond acceptors (Lipinski definition) is 2. The van der Waals surface area contributed by atoms with Gasteiger partial charge in [0.1, 0.15) is 5.75 Å². The number of carbonyl (C=O) groups excluding carboxylic acids is 1. The summed E-state index contributed by atoms with van der Waals surface area (Å²) in [5.74, 6) is 0.632. The highest BCUT2D eigenvalue weighted by Gasteiger charge is 2.44. The lowest BCUT2D eigenvalue weighted by Crippen LogP contribution is -2.50. The maximum Gasteiger partial charge on any atom is 0.282 e. The third kappa shape index (κ3) is 5.44. The normalized spacial score (nSPS) is 11.7. The topological polar surface area (TPSA) is 38.3 Å². The Morgan fingerprint density at radius 3 is 2.29 bits per heavy atom. The van der Waals surface area contributed by atoms with Crippen LogP contribution in [0.25, 0.3) is 0 Å². The Hall–Kier alpha value is -2.14. The minimum atomic E-state index is -3.06. The van der Waals surface area contributed by atoms with Crippen LogP contribution >= 0.6 is 0 Å². The molecule has 0 fully saturated rings. The van der Waals surface area contributed by atoms with Crippen molar-refractivity contribution in [1.29, 1.82) is 0 Å². The molecular weight excluding hydrogens is 369 g/mol. The molecule has 2 aromatic carbocycles. The minimum absolute atomic E-state index is 0.0197. The Morgan fingerprint density at radius 2 is 1.71 bits per heavy atom. The first-order valence-electron chi connectivity index (χ1n) is 9.98. The standard InChI is InChI=1S/C23H32FNO2Si/c1-17(2)28(24,18(3)4)22-12-11-21(15-19(22)5)27-14-13-23(26)25-16-20-9-7-6-8-10-20/h6-12,15,17-18H,13-14,16H2,1-5H3,(H,25,26). The lowest BCUT2D eigenvalue weighted by atomic mass is 10.2. The second-order valence-electron chi connectivity index (χ2n) is 7.91. The third-order valence-electron chi connectivity index (χ3n) is 5.22. The van der Waals surface area contributed by atoms with Crippen LogP contribution in [0, 0.1) is 6.92 Å². The van der Waals surface area contributed by atoms with E-state index in [2.05, 4.69) is 5.32 Å². The highest BCUT2D eigenvalue weighted by molar-refractivity contribution is 6.88. The van der Waals surface area contributed by atoms with Crippen molar-refractivity contribution in [3.05, 3.63) is 59.7 Å². The molecule has 2 rings (SSSR count). The van der Waals surface area contributed by atoms with Gasteiger partial charge in [-0.2, -0.15) is 0 Å². The Labute approximate surface area is 169 Å². The molecule has 0 spiro atoms. The summed E-state index contributed by atoms with van der Waals surface area (Å²) in [5.41, 5.74) is 2.04. The van der Waals surface area contributed by atoms with E-state index in [9.17, 15) is 4.79 Å². The van der Waals surface area contributed by atoms with Gasteiger partial charge in [0.25, 0.3) is 8.41 Å². The fraction of sp³-hybridized carbons (Fsp3) is 0.435. The van der Waals surface area contributed by atoms with Gasteiger partial charge in [0.2, 0.25) is 5.91 Å². The van der Waals surface area contributed by atoms with Gasteiger partial charge in [-0.05, 0) is 46.5 Å². The molecule has 1 N–H and O–H groups in total. The molecule has 0 aliphatic carbocycles. The maximum absolute atomic E-state index is 15.8. The van der Waals surface area contributed by atoms with Crippen LogP contribution in [0.5, 0.6) is 5.75 Å². The highest BCUT2D eigenvalue weighted by Crippen LogP contribution is 2.34. The molecule has 152 valence electrons. The number of hydrogen-bond donors (Lipinski definition) is 1. The van der Waals surface area contributed by atoms with Crippen LogP contribution in [0.2, 0.25) is 11.1 Å². The molecule has 0 bridgehead atoms. The monoisotopic (exact) mass is 401 g/mol. The molecule has 3 nitrogen and oxygen atoms in total. The van der Waals surface area contributed by atoms with E-state index in [0.717, 1.165) is 16.3 Å². The molecule has 28 heavy (non-hydrogen) atoms. The zero-order valence-corrected chi connectivity index (χ0v) is 18.6. The first kappa shape index (κ1) is 22.1. The van der Waals surface area contributed by atoms with E-state index in [0.29, 0.717) is 18.9 Å². The maximum atomic E-state index is 15.8. The van der Waals surface area contributed by atoms with Gasteiger partial charge in [-0.3, -0.25) is 4.79 Å².